The van der Waals surface area contributed by atoms with Gasteiger partial charge in [-0.05, 0) is 55.1 Å². The van der Waals surface area contributed by atoms with Crippen LogP contribution >= 0.6 is 11.8 Å². The SMILES string of the molecule is O=[N+]([O-])c1ccc(SCCCN2CCN(c3ccc(F)cc3)CC2)cc1. The van der Waals surface area contributed by atoms with Gasteiger partial charge in [0.05, 0.1) is 4.92 Å². The zero-order valence-corrected chi connectivity index (χ0v) is 15.3. The van der Waals surface area contributed by atoms with Crippen LogP contribution < -0.4 is 4.90 Å². The molecular weight excluding hydrogens is 353 g/mol. The molecule has 0 unspecified atom stereocenters. The predicted molar refractivity (Wildman–Crippen MR) is 103 cm³/mol. The van der Waals surface area contributed by atoms with E-state index in [-0.39, 0.29) is 16.4 Å². The van der Waals surface area contributed by atoms with Crippen LogP contribution in [0.15, 0.2) is 53.4 Å². The van der Waals surface area contributed by atoms with Gasteiger partial charge in [-0.3, -0.25) is 15.0 Å². The Balaban J connectivity index is 1.35. The number of halogens is 1. The molecule has 0 spiro atoms. The molecule has 0 bridgehead atoms. The molecule has 138 valence electrons. The number of anilines is 1. The van der Waals surface area contributed by atoms with E-state index < -0.39 is 0 Å². The first-order valence-corrected chi connectivity index (χ1v) is 9.70. The smallest absolute Gasteiger partial charge is 0.269 e. The highest BCUT2D eigenvalue weighted by Gasteiger charge is 2.16. The number of thioether (sulfide) groups is 1. The van der Waals surface area contributed by atoms with E-state index in [2.05, 4.69) is 9.80 Å². The molecular formula is C19H22FN3O2S. The van der Waals surface area contributed by atoms with Gasteiger partial charge >= 0.3 is 0 Å². The van der Waals surface area contributed by atoms with Crippen molar-refractivity contribution in [3.63, 3.8) is 0 Å². The lowest BCUT2D eigenvalue weighted by atomic mass is 10.2. The Morgan fingerprint density at radius 1 is 1.00 bits per heavy atom. The van der Waals surface area contributed by atoms with Crippen molar-refractivity contribution in [2.75, 3.05) is 43.4 Å². The van der Waals surface area contributed by atoms with Gasteiger partial charge in [0.2, 0.25) is 0 Å². The third-order valence-corrected chi connectivity index (χ3v) is 5.60. The average molecular weight is 375 g/mol. The fraction of sp³-hybridized carbons (Fsp3) is 0.368. The van der Waals surface area contributed by atoms with Gasteiger partial charge < -0.3 is 4.90 Å². The maximum absolute atomic E-state index is 13.0. The average Bonchev–Trinajstić information content (AvgIpc) is 2.67. The molecule has 0 N–H and O–H groups in total. The van der Waals surface area contributed by atoms with Crippen LogP contribution in [0.4, 0.5) is 15.8 Å². The second kappa shape index (κ2) is 9.00. The maximum Gasteiger partial charge on any atom is 0.269 e. The summed E-state index contributed by atoms with van der Waals surface area (Å²) in [5.41, 5.74) is 1.22. The van der Waals surface area contributed by atoms with Crippen LogP contribution in [0.1, 0.15) is 6.42 Å². The van der Waals surface area contributed by atoms with E-state index in [1.165, 1.54) is 12.1 Å². The number of hydrogen-bond donors (Lipinski definition) is 0. The lowest BCUT2D eigenvalue weighted by molar-refractivity contribution is -0.384. The van der Waals surface area contributed by atoms with E-state index in [1.807, 2.05) is 24.3 Å². The van der Waals surface area contributed by atoms with Crippen molar-refractivity contribution in [3.8, 4) is 0 Å². The van der Waals surface area contributed by atoms with Crippen LogP contribution in [0.2, 0.25) is 0 Å². The molecule has 0 radical (unpaired) electrons. The summed E-state index contributed by atoms with van der Waals surface area (Å²) in [6, 6.07) is 13.4. The van der Waals surface area contributed by atoms with Crippen LogP contribution in [-0.2, 0) is 0 Å². The highest BCUT2D eigenvalue weighted by Crippen LogP contribution is 2.22. The summed E-state index contributed by atoms with van der Waals surface area (Å²) in [7, 11) is 0. The Labute approximate surface area is 156 Å². The molecule has 0 aliphatic carbocycles. The minimum absolute atomic E-state index is 0.133. The molecule has 1 fully saturated rings. The molecule has 26 heavy (non-hydrogen) atoms. The predicted octanol–water partition coefficient (Wildman–Crippen LogP) is 4.04. The van der Waals surface area contributed by atoms with Crippen LogP contribution in [-0.4, -0.2) is 48.3 Å². The number of nitro benzene ring substituents is 1. The molecule has 7 heteroatoms. The highest BCUT2D eigenvalue weighted by atomic mass is 32.2. The first-order chi connectivity index (χ1) is 12.6. The molecule has 2 aromatic rings. The van der Waals surface area contributed by atoms with Crippen LogP contribution in [0.25, 0.3) is 0 Å². The zero-order chi connectivity index (χ0) is 18.4. The standard InChI is InChI=1S/C19H22FN3O2S/c20-16-2-4-17(5-3-16)22-13-11-21(12-14-22)10-1-15-26-19-8-6-18(7-9-19)23(24)25/h2-9H,1,10-15H2. The third kappa shape index (κ3) is 5.19. The van der Waals surface area contributed by atoms with E-state index in [9.17, 15) is 14.5 Å². The molecule has 1 heterocycles. The second-order valence-corrected chi connectivity index (χ2v) is 7.43. The molecule has 0 amide bonds. The lowest BCUT2D eigenvalue weighted by Crippen LogP contribution is -2.46. The minimum Gasteiger partial charge on any atom is -0.369 e. The van der Waals surface area contributed by atoms with E-state index in [0.29, 0.717) is 0 Å². The topological polar surface area (TPSA) is 49.6 Å². The van der Waals surface area contributed by atoms with Crippen molar-refractivity contribution in [3.05, 3.63) is 64.5 Å². The van der Waals surface area contributed by atoms with E-state index in [4.69, 9.17) is 0 Å². The molecule has 0 aromatic heterocycles. The number of benzene rings is 2. The summed E-state index contributed by atoms with van der Waals surface area (Å²) in [5.74, 6) is 0.800. The Hall–Kier alpha value is -2.12. The Morgan fingerprint density at radius 3 is 2.27 bits per heavy atom. The van der Waals surface area contributed by atoms with Gasteiger partial charge in [0, 0.05) is 48.9 Å². The molecule has 5 nitrogen and oxygen atoms in total. The number of rotatable bonds is 7. The number of piperazine rings is 1. The van der Waals surface area contributed by atoms with Crippen molar-refractivity contribution in [1.82, 2.24) is 4.90 Å². The molecule has 0 atom stereocenters. The fourth-order valence-electron chi connectivity index (χ4n) is 3.02. The summed E-state index contributed by atoms with van der Waals surface area (Å²) >= 11 is 1.73. The normalized spacial score (nSPS) is 15.2. The monoisotopic (exact) mass is 375 g/mol. The lowest BCUT2D eigenvalue weighted by Gasteiger charge is -2.36. The number of nitro groups is 1. The van der Waals surface area contributed by atoms with Crippen LogP contribution in [0.5, 0.6) is 0 Å². The summed E-state index contributed by atoms with van der Waals surface area (Å²) in [6.07, 6.45) is 1.08. The van der Waals surface area contributed by atoms with Gasteiger partial charge in [-0.25, -0.2) is 4.39 Å². The first kappa shape index (κ1) is 18.7. The Kier molecular flexibility index (Phi) is 6.46. The Bertz CT molecular complexity index is 717. The molecule has 0 saturated carbocycles. The molecule has 1 aliphatic heterocycles. The summed E-state index contributed by atoms with van der Waals surface area (Å²) < 4.78 is 13.0. The number of nitrogens with zero attached hydrogens (tertiary/aromatic N) is 3. The highest BCUT2D eigenvalue weighted by molar-refractivity contribution is 7.99. The summed E-state index contributed by atoms with van der Waals surface area (Å²) in [5, 5.41) is 10.6. The van der Waals surface area contributed by atoms with E-state index in [0.717, 1.165) is 55.5 Å². The first-order valence-electron chi connectivity index (χ1n) is 8.72. The second-order valence-electron chi connectivity index (χ2n) is 6.26. The Morgan fingerprint density at radius 2 is 1.65 bits per heavy atom. The number of non-ortho nitro benzene ring substituents is 1. The maximum atomic E-state index is 13.0. The van der Waals surface area contributed by atoms with Crippen molar-refractivity contribution >= 4 is 23.1 Å². The van der Waals surface area contributed by atoms with Gasteiger partial charge in [0.15, 0.2) is 0 Å². The largest absolute Gasteiger partial charge is 0.369 e. The van der Waals surface area contributed by atoms with Gasteiger partial charge in [-0.15, -0.1) is 11.8 Å². The van der Waals surface area contributed by atoms with Crippen LogP contribution in [0, 0.1) is 15.9 Å². The molecule has 1 aliphatic rings. The van der Waals surface area contributed by atoms with Crippen molar-refractivity contribution in [2.24, 2.45) is 0 Å². The molecule has 2 aromatic carbocycles. The molecule has 1 saturated heterocycles. The number of hydrogen-bond acceptors (Lipinski definition) is 5. The van der Waals surface area contributed by atoms with E-state index >= 15 is 0 Å². The zero-order valence-electron chi connectivity index (χ0n) is 14.5. The molecule has 3 rings (SSSR count). The van der Waals surface area contributed by atoms with Crippen molar-refractivity contribution in [1.29, 1.82) is 0 Å². The van der Waals surface area contributed by atoms with Gasteiger partial charge in [-0.2, -0.15) is 0 Å². The van der Waals surface area contributed by atoms with Gasteiger partial charge in [0.1, 0.15) is 5.82 Å². The third-order valence-electron chi connectivity index (χ3n) is 4.50. The summed E-state index contributed by atoms with van der Waals surface area (Å²) in [4.78, 5) is 16.1. The summed E-state index contributed by atoms with van der Waals surface area (Å²) in [6.45, 7) is 5.00. The van der Waals surface area contributed by atoms with Gasteiger partial charge in [-0.1, -0.05) is 0 Å². The van der Waals surface area contributed by atoms with Crippen molar-refractivity contribution in [2.45, 2.75) is 11.3 Å². The van der Waals surface area contributed by atoms with Gasteiger partial charge in [0.25, 0.3) is 5.69 Å². The fourth-order valence-corrected chi connectivity index (χ4v) is 3.86. The quantitative estimate of drug-likeness (QED) is 0.316. The van der Waals surface area contributed by atoms with Crippen molar-refractivity contribution < 1.29 is 9.31 Å². The van der Waals surface area contributed by atoms with E-state index in [1.54, 1.807) is 23.9 Å². The minimum atomic E-state index is -0.375. The van der Waals surface area contributed by atoms with Crippen LogP contribution in [0.3, 0.4) is 0 Å².